The lowest BCUT2D eigenvalue weighted by atomic mass is 10.1. The second-order valence-corrected chi connectivity index (χ2v) is 6.14. The van der Waals surface area contributed by atoms with Crippen LogP contribution in [0.1, 0.15) is 27.2 Å². The molecule has 0 saturated carbocycles. The Kier molecular flexibility index (Phi) is 4.66. The zero-order valence-electron chi connectivity index (χ0n) is 13.5. The van der Waals surface area contributed by atoms with Crippen molar-refractivity contribution in [2.45, 2.75) is 24.8 Å². The lowest BCUT2D eigenvalue weighted by Gasteiger charge is -2.08. The number of benzene rings is 1. The molecular formula is C16H16N4O3S. The molecule has 0 aliphatic heterocycles. The number of nitrogens with zero attached hydrogens (tertiary/aromatic N) is 4. The summed E-state index contributed by atoms with van der Waals surface area (Å²) >= 11 is 1.39. The predicted octanol–water partition coefficient (Wildman–Crippen LogP) is 2.95. The molecule has 0 radical (unpaired) electrons. The van der Waals surface area contributed by atoms with Gasteiger partial charge in [-0.2, -0.15) is 4.68 Å². The van der Waals surface area contributed by atoms with E-state index >= 15 is 0 Å². The molecule has 0 N–H and O–H groups in total. The molecule has 2 aromatic heterocycles. The average molecular weight is 344 g/mol. The van der Waals surface area contributed by atoms with Gasteiger partial charge in [0, 0.05) is 0 Å². The Bertz CT molecular complexity index is 872. The van der Waals surface area contributed by atoms with Crippen LogP contribution in [-0.4, -0.2) is 33.3 Å². The maximum atomic E-state index is 11.7. The number of aromatic nitrogens is 4. The van der Waals surface area contributed by atoms with Crippen molar-refractivity contribution < 1.29 is 13.9 Å². The third-order valence-electron chi connectivity index (χ3n) is 3.50. The first-order valence-corrected chi connectivity index (χ1v) is 8.22. The van der Waals surface area contributed by atoms with Crippen LogP contribution in [0.2, 0.25) is 0 Å². The Balaban J connectivity index is 1.82. The van der Waals surface area contributed by atoms with Crippen molar-refractivity contribution in [3.05, 3.63) is 53.0 Å². The highest BCUT2D eigenvalue weighted by Crippen LogP contribution is 2.26. The third-order valence-corrected chi connectivity index (χ3v) is 4.42. The van der Waals surface area contributed by atoms with E-state index < -0.39 is 5.97 Å². The number of hydrogen-bond acceptors (Lipinski definition) is 7. The van der Waals surface area contributed by atoms with E-state index in [0.29, 0.717) is 22.2 Å². The minimum atomic E-state index is -0.423. The van der Waals surface area contributed by atoms with Gasteiger partial charge in [0.05, 0.1) is 24.8 Å². The molecule has 3 aromatic rings. The number of methoxy groups -OCH3 is 1. The van der Waals surface area contributed by atoms with Gasteiger partial charge in [-0.3, -0.25) is 0 Å². The van der Waals surface area contributed by atoms with Crippen molar-refractivity contribution in [3.8, 4) is 5.69 Å². The average Bonchev–Trinajstić information content (AvgIpc) is 3.21. The van der Waals surface area contributed by atoms with Gasteiger partial charge in [0.1, 0.15) is 11.3 Å². The van der Waals surface area contributed by atoms with Crippen LogP contribution in [0.25, 0.3) is 5.69 Å². The number of esters is 1. The van der Waals surface area contributed by atoms with E-state index in [1.54, 1.807) is 10.7 Å². The summed E-state index contributed by atoms with van der Waals surface area (Å²) in [5.41, 5.74) is 3.59. The summed E-state index contributed by atoms with van der Waals surface area (Å²) in [6.07, 6.45) is 1.47. The van der Waals surface area contributed by atoms with E-state index in [0.717, 1.165) is 11.3 Å². The Morgan fingerprint density at radius 1 is 1.33 bits per heavy atom. The summed E-state index contributed by atoms with van der Waals surface area (Å²) in [6.45, 7) is 4.05. The lowest BCUT2D eigenvalue weighted by Crippen LogP contribution is -2.04. The number of hydrogen-bond donors (Lipinski definition) is 0. The molecule has 0 fully saturated rings. The fourth-order valence-corrected chi connectivity index (χ4v) is 3.17. The molecule has 8 heteroatoms. The van der Waals surface area contributed by atoms with Crippen LogP contribution < -0.4 is 0 Å². The van der Waals surface area contributed by atoms with Crippen LogP contribution >= 0.6 is 11.8 Å². The van der Waals surface area contributed by atoms with Gasteiger partial charge in [-0.15, -0.1) is 5.10 Å². The molecule has 0 atom stereocenters. The van der Waals surface area contributed by atoms with Crippen molar-refractivity contribution >= 4 is 17.7 Å². The van der Waals surface area contributed by atoms with Gasteiger partial charge in [0.25, 0.3) is 0 Å². The van der Waals surface area contributed by atoms with Crippen molar-refractivity contribution in [3.63, 3.8) is 0 Å². The number of aryl methyl sites for hydroxylation is 2. The second kappa shape index (κ2) is 6.88. The Hall–Kier alpha value is -2.61. The first-order valence-electron chi connectivity index (χ1n) is 7.23. The monoisotopic (exact) mass is 344 g/mol. The molecule has 0 amide bonds. The summed E-state index contributed by atoms with van der Waals surface area (Å²) < 4.78 is 11.8. The summed E-state index contributed by atoms with van der Waals surface area (Å²) in [7, 11) is 1.34. The van der Waals surface area contributed by atoms with Crippen molar-refractivity contribution in [1.29, 1.82) is 0 Å². The predicted molar refractivity (Wildman–Crippen MR) is 88.2 cm³/mol. The van der Waals surface area contributed by atoms with E-state index in [1.807, 2.05) is 26.0 Å². The van der Waals surface area contributed by atoms with E-state index in [1.165, 1.54) is 30.7 Å². The molecular weight excluding hydrogens is 328 g/mol. The van der Waals surface area contributed by atoms with Crippen LogP contribution in [0.3, 0.4) is 0 Å². The zero-order valence-corrected chi connectivity index (χ0v) is 14.3. The highest BCUT2D eigenvalue weighted by Gasteiger charge is 2.17. The van der Waals surface area contributed by atoms with Crippen LogP contribution in [0.4, 0.5) is 0 Å². The van der Waals surface area contributed by atoms with Gasteiger partial charge in [-0.25, -0.2) is 4.79 Å². The lowest BCUT2D eigenvalue weighted by molar-refractivity contribution is 0.0598. The number of tetrazole rings is 1. The minimum absolute atomic E-state index is 0.413. The van der Waals surface area contributed by atoms with E-state index in [4.69, 9.17) is 9.15 Å². The summed E-state index contributed by atoms with van der Waals surface area (Å²) in [5.74, 6) is 0.526. The molecule has 0 aliphatic carbocycles. The highest BCUT2D eigenvalue weighted by atomic mass is 32.2. The largest absolute Gasteiger partial charge is 0.468 e. The first-order chi connectivity index (χ1) is 11.6. The number of rotatable bonds is 5. The van der Waals surface area contributed by atoms with Crippen molar-refractivity contribution in [1.82, 2.24) is 20.2 Å². The van der Waals surface area contributed by atoms with Gasteiger partial charge in [0.15, 0.2) is 0 Å². The smallest absolute Gasteiger partial charge is 0.341 e. The van der Waals surface area contributed by atoms with Crippen molar-refractivity contribution in [2.24, 2.45) is 0 Å². The molecule has 0 unspecified atom stereocenters. The SMILES string of the molecule is COC(=O)c1ccoc1CSc1nnnn1-c1ccc(C)cc1C. The molecule has 0 saturated heterocycles. The Morgan fingerprint density at radius 3 is 2.92 bits per heavy atom. The van der Waals surface area contributed by atoms with Crippen LogP contribution in [-0.2, 0) is 10.5 Å². The number of furan rings is 1. The molecule has 124 valence electrons. The Labute approximate surface area is 143 Å². The normalized spacial score (nSPS) is 10.8. The van der Waals surface area contributed by atoms with Gasteiger partial charge in [0.2, 0.25) is 5.16 Å². The van der Waals surface area contributed by atoms with Crippen LogP contribution in [0.5, 0.6) is 0 Å². The third kappa shape index (κ3) is 3.18. The number of carbonyl (C=O) groups excluding carboxylic acids is 1. The fraction of sp³-hybridized carbons (Fsp3) is 0.250. The van der Waals surface area contributed by atoms with Crippen LogP contribution in [0.15, 0.2) is 40.1 Å². The second-order valence-electron chi connectivity index (χ2n) is 5.20. The number of thioether (sulfide) groups is 1. The van der Waals surface area contributed by atoms with Gasteiger partial charge in [-0.1, -0.05) is 29.5 Å². The van der Waals surface area contributed by atoms with E-state index in [-0.39, 0.29) is 0 Å². The molecule has 3 rings (SSSR count). The van der Waals surface area contributed by atoms with E-state index in [2.05, 4.69) is 21.6 Å². The van der Waals surface area contributed by atoms with Crippen LogP contribution in [0, 0.1) is 13.8 Å². The van der Waals surface area contributed by atoms with E-state index in [9.17, 15) is 4.79 Å². The number of carbonyl (C=O) groups is 1. The fourth-order valence-electron chi connectivity index (χ4n) is 2.34. The summed E-state index contributed by atoms with van der Waals surface area (Å²) in [5, 5.41) is 12.5. The van der Waals surface area contributed by atoms with Gasteiger partial charge in [-0.05, 0) is 42.0 Å². The molecule has 0 aliphatic rings. The minimum Gasteiger partial charge on any atom is -0.468 e. The molecule has 0 spiro atoms. The molecule has 0 bridgehead atoms. The zero-order chi connectivity index (χ0) is 17.1. The summed E-state index contributed by atoms with van der Waals surface area (Å²) in [4.78, 5) is 11.7. The van der Waals surface area contributed by atoms with Gasteiger partial charge < -0.3 is 9.15 Å². The molecule has 1 aromatic carbocycles. The van der Waals surface area contributed by atoms with Crippen molar-refractivity contribution in [2.75, 3.05) is 7.11 Å². The van der Waals surface area contributed by atoms with Gasteiger partial charge >= 0.3 is 5.97 Å². The first kappa shape index (κ1) is 16.3. The standard InChI is InChI=1S/C16H16N4O3S/c1-10-4-5-13(11(2)8-10)20-16(17-18-19-20)24-9-14-12(6-7-23-14)15(21)22-3/h4-8H,9H2,1-3H3. The molecule has 2 heterocycles. The maximum absolute atomic E-state index is 11.7. The highest BCUT2D eigenvalue weighted by molar-refractivity contribution is 7.98. The Morgan fingerprint density at radius 2 is 2.17 bits per heavy atom. The maximum Gasteiger partial charge on any atom is 0.341 e. The quantitative estimate of drug-likeness (QED) is 0.520. The summed E-state index contributed by atoms with van der Waals surface area (Å²) in [6, 6.07) is 7.67. The topological polar surface area (TPSA) is 83.0 Å². The molecule has 7 nitrogen and oxygen atoms in total. The molecule has 24 heavy (non-hydrogen) atoms. The number of ether oxygens (including phenoxy) is 1.